The molecule has 0 aromatic rings. The molecule has 2 atom stereocenters. The van der Waals surface area contributed by atoms with Gasteiger partial charge in [0.1, 0.15) is 0 Å². The molecule has 21 heavy (non-hydrogen) atoms. The van der Waals surface area contributed by atoms with Gasteiger partial charge in [0.2, 0.25) is 5.91 Å². The summed E-state index contributed by atoms with van der Waals surface area (Å²) in [5.41, 5.74) is 0. The third-order valence-corrected chi connectivity index (χ3v) is 4.07. The lowest BCUT2D eigenvalue weighted by molar-refractivity contribution is -0.121. The first-order valence-electron chi connectivity index (χ1n) is 8.04. The topological polar surface area (TPSA) is 44.4 Å². The highest BCUT2D eigenvalue weighted by Gasteiger charge is 2.22. The van der Waals surface area contributed by atoms with Crippen LogP contribution in [0.5, 0.6) is 0 Å². The standard InChI is InChI=1S/C17H31N3O/c1-5-10-20(11-6-2)16(14(3)4)13-19-17(21)12-15-8-7-9-18-15/h5-6,14-16,18H,1-2,7-13H2,3-4H3,(H,19,21). The summed E-state index contributed by atoms with van der Waals surface area (Å²) in [4.78, 5) is 14.4. The van der Waals surface area contributed by atoms with E-state index in [9.17, 15) is 4.79 Å². The molecule has 1 aliphatic rings. The number of carbonyl (C=O) groups excluding carboxylic acids is 1. The van der Waals surface area contributed by atoms with Crippen LogP contribution in [0.4, 0.5) is 0 Å². The van der Waals surface area contributed by atoms with Gasteiger partial charge in [-0.15, -0.1) is 13.2 Å². The van der Waals surface area contributed by atoms with E-state index in [0.717, 1.165) is 26.1 Å². The minimum Gasteiger partial charge on any atom is -0.354 e. The largest absolute Gasteiger partial charge is 0.354 e. The Morgan fingerprint density at radius 2 is 2.05 bits per heavy atom. The predicted molar refractivity (Wildman–Crippen MR) is 89.2 cm³/mol. The first-order valence-corrected chi connectivity index (χ1v) is 8.04. The summed E-state index contributed by atoms with van der Waals surface area (Å²) in [6, 6.07) is 0.668. The Bertz CT molecular complexity index is 325. The van der Waals surface area contributed by atoms with Gasteiger partial charge in [-0.25, -0.2) is 0 Å². The van der Waals surface area contributed by atoms with Crippen molar-refractivity contribution in [2.75, 3.05) is 26.2 Å². The Morgan fingerprint density at radius 1 is 1.38 bits per heavy atom. The van der Waals surface area contributed by atoms with E-state index >= 15 is 0 Å². The monoisotopic (exact) mass is 293 g/mol. The predicted octanol–water partition coefficient (Wildman–Crippen LogP) is 1.94. The van der Waals surface area contributed by atoms with Crippen LogP contribution in [0.15, 0.2) is 25.3 Å². The zero-order chi connectivity index (χ0) is 15.7. The van der Waals surface area contributed by atoms with Crippen molar-refractivity contribution in [3.05, 3.63) is 25.3 Å². The SMILES string of the molecule is C=CCN(CC=C)C(CNC(=O)CC1CCCN1)C(C)C. The lowest BCUT2D eigenvalue weighted by Crippen LogP contribution is -2.47. The lowest BCUT2D eigenvalue weighted by atomic mass is 10.0. The molecule has 1 amide bonds. The summed E-state index contributed by atoms with van der Waals surface area (Å²) < 4.78 is 0. The Kier molecular flexibility index (Phi) is 8.31. The van der Waals surface area contributed by atoms with Crippen LogP contribution in [0, 0.1) is 5.92 Å². The van der Waals surface area contributed by atoms with Crippen LogP contribution in [-0.4, -0.2) is 49.1 Å². The second kappa shape index (κ2) is 9.74. The van der Waals surface area contributed by atoms with Crippen LogP contribution < -0.4 is 10.6 Å². The fourth-order valence-electron chi connectivity index (χ4n) is 2.91. The third-order valence-electron chi connectivity index (χ3n) is 4.07. The number of hydrogen-bond donors (Lipinski definition) is 2. The van der Waals surface area contributed by atoms with Gasteiger partial charge in [0.25, 0.3) is 0 Å². The first kappa shape index (κ1) is 17.9. The summed E-state index contributed by atoms with van der Waals surface area (Å²) in [6.45, 7) is 15.4. The number of carbonyl (C=O) groups is 1. The highest BCUT2D eigenvalue weighted by Crippen LogP contribution is 2.11. The van der Waals surface area contributed by atoms with E-state index in [-0.39, 0.29) is 5.91 Å². The molecule has 0 aromatic heterocycles. The molecule has 0 saturated carbocycles. The maximum atomic E-state index is 12.1. The molecule has 0 aliphatic carbocycles. The summed E-state index contributed by atoms with van der Waals surface area (Å²) in [5.74, 6) is 0.618. The van der Waals surface area contributed by atoms with Crippen LogP contribution in [0.2, 0.25) is 0 Å². The number of nitrogens with one attached hydrogen (secondary N) is 2. The molecule has 1 saturated heterocycles. The minimum absolute atomic E-state index is 0.150. The molecule has 1 rings (SSSR count). The van der Waals surface area contributed by atoms with E-state index in [4.69, 9.17) is 0 Å². The summed E-state index contributed by atoms with van der Waals surface area (Å²) in [6.07, 6.45) is 6.69. The second-order valence-corrected chi connectivity index (χ2v) is 6.14. The fraction of sp³-hybridized carbons (Fsp3) is 0.706. The van der Waals surface area contributed by atoms with E-state index in [1.807, 2.05) is 12.2 Å². The van der Waals surface area contributed by atoms with Crippen LogP contribution in [-0.2, 0) is 4.79 Å². The van der Waals surface area contributed by atoms with E-state index in [1.165, 1.54) is 6.42 Å². The Labute approximate surface area is 129 Å². The average molecular weight is 293 g/mol. The van der Waals surface area contributed by atoms with Crippen molar-refractivity contribution in [1.29, 1.82) is 0 Å². The van der Waals surface area contributed by atoms with E-state index in [0.29, 0.717) is 31.0 Å². The van der Waals surface area contributed by atoms with Gasteiger partial charge in [-0.1, -0.05) is 26.0 Å². The molecule has 4 heteroatoms. The van der Waals surface area contributed by atoms with Crippen LogP contribution in [0.1, 0.15) is 33.1 Å². The van der Waals surface area contributed by atoms with Crippen molar-refractivity contribution in [2.45, 2.75) is 45.2 Å². The average Bonchev–Trinajstić information content (AvgIpc) is 2.91. The molecule has 2 unspecified atom stereocenters. The molecule has 0 radical (unpaired) electrons. The van der Waals surface area contributed by atoms with Gasteiger partial charge in [0.15, 0.2) is 0 Å². The maximum absolute atomic E-state index is 12.1. The zero-order valence-corrected chi connectivity index (χ0v) is 13.6. The van der Waals surface area contributed by atoms with E-state index < -0.39 is 0 Å². The van der Waals surface area contributed by atoms with Crippen molar-refractivity contribution in [2.24, 2.45) is 5.92 Å². The van der Waals surface area contributed by atoms with Gasteiger partial charge in [-0.2, -0.15) is 0 Å². The van der Waals surface area contributed by atoms with Crippen LogP contribution in [0.25, 0.3) is 0 Å². The van der Waals surface area contributed by atoms with E-state index in [2.05, 4.69) is 42.5 Å². The quantitative estimate of drug-likeness (QED) is 0.605. The lowest BCUT2D eigenvalue weighted by Gasteiger charge is -2.33. The third kappa shape index (κ3) is 6.44. The van der Waals surface area contributed by atoms with Crippen molar-refractivity contribution < 1.29 is 4.79 Å². The van der Waals surface area contributed by atoms with Crippen LogP contribution in [0.3, 0.4) is 0 Å². The molecule has 0 bridgehead atoms. The minimum atomic E-state index is 0.150. The fourth-order valence-corrected chi connectivity index (χ4v) is 2.91. The van der Waals surface area contributed by atoms with Crippen LogP contribution >= 0.6 is 0 Å². The van der Waals surface area contributed by atoms with Crippen molar-refractivity contribution >= 4 is 5.91 Å². The summed E-state index contributed by atoms with van der Waals surface area (Å²) in [5, 5.41) is 6.46. The number of amides is 1. The summed E-state index contributed by atoms with van der Waals surface area (Å²) in [7, 11) is 0. The molecule has 1 fully saturated rings. The van der Waals surface area contributed by atoms with Gasteiger partial charge in [-0.05, 0) is 25.3 Å². The van der Waals surface area contributed by atoms with Crippen molar-refractivity contribution in [1.82, 2.24) is 15.5 Å². The van der Waals surface area contributed by atoms with E-state index in [1.54, 1.807) is 0 Å². The second-order valence-electron chi connectivity index (χ2n) is 6.14. The molecule has 4 nitrogen and oxygen atoms in total. The van der Waals surface area contributed by atoms with Crippen molar-refractivity contribution in [3.8, 4) is 0 Å². The Hall–Kier alpha value is -1.13. The van der Waals surface area contributed by atoms with Gasteiger partial charge < -0.3 is 10.6 Å². The normalized spacial score (nSPS) is 19.7. The zero-order valence-electron chi connectivity index (χ0n) is 13.6. The summed E-state index contributed by atoms with van der Waals surface area (Å²) >= 11 is 0. The van der Waals surface area contributed by atoms with Crippen molar-refractivity contribution in [3.63, 3.8) is 0 Å². The molecular weight excluding hydrogens is 262 g/mol. The maximum Gasteiger partial charge on any atom is 0.221 e. The Balaban J connectivity index is 2.46. The molecular formula is C17H31N3O. The highest BCUT2D eigenvalue weighted by atomic mass is 16.1. The number of nitrogens with zero attached hydrogens (tertiary/aromatic N) is 1. The molecule has 2 N–H and O–H groups in total. The van der Waals surface area contributed by atoms with Gasteiger partial charge in [0, 0.05) is 38.1 Å². The molecule has 120 valence electrons. The first-order chi connectivity index (χ1) is 10.1. The smallest absolute Gasteiger partial charge is 0.221 e. The number of hydrogen-bond acceptors (Lipinski definition) is 3. The molecule has 0 aromatic carbocycles. The van der Waals surface area contributed by atoms with Gasteiger partial charge in [-0.3, -0.25) is 9.69 Å². The van der Waals surface area contributed by atoms with Gasteiger partial charge >= 0.3 is 0 Å². The molecule has 1 aliphatic heterocycles. The molecule has 1 heterocycles. The number of rotatable bonds is 10. The molecule has 0 spiro atoms. The van der Waals surface area contributed by atoms with Gasteiger partial charge in [0.05, 0.1) is 0 Å². The highest BCUT2D eigenvalue weighted by molar-refractivity contribution is 5.76. The Morgan fingerprint density at radius 3 is 2.52 bits per heavy atom.